The molecule has 0 aliphatic rings. The van der Waals surface area contributed by atoms with Gasteiger partial charge in [0.15, 0.2) is 5.78 Å². The second-order valence-corrected chi connectivity index (χ2v) is 6.24. The first-order chi connectivity index (χ1) is 13.1. The number of rotatable bonds is 7. The first kappa shape index (κ1) is 18.6. The molecule has 3 rings (SSSR count). The fraction of sp³-hybridized carbons (Fsp3) is 0.227. The van der Waals surface area contributed by atoms with E-state index < -0.39 is 0 Å². The molecule has 0 aliphatic carbocycles. The van der Waals surface area contributed by atoms with E-state index in [1.807, 2.05) is 30.3 Å². The Kier molecular flexibility index (Phi) is 5.81. The first-order valence-corrected chi connectivity index (χ1v) is 8.96. The highest BCUT2D eigenvalue weighted by Crippen LogP contribution is 2.29. The molecule has 1 N–H and O–H groups in total. The summed E-state index contributed by atoms with van der Waals surface area (Å²) in [7, 11) is 1.58. The average Bonchev–Trinajstić information content (AvgIpc) is 2.72. The van der Waals surface area contributed by atoms with Crippen molar-refractivity contribution in [1.82, 2.24) is 4.98 Å². The van der Waals surface area contributed by atoms with Gasteiger partial charge in [-0.2, -0.15) is 0 Å². The summed E-state index contributed by atoms with van der Waals surface area (Å²) in [6.45, 7) is 2.07. The number of amides is 1. The van der Waals surface area contributed by atoms with E-state index in [9.17, 15) is 9.59 Å². The summed E-state index contributed by atoms with van der Waals surface area (Å²) in [5.41, 5.74) is 3.16. The van der Waals surface area contributed by atoms with E-state index in [0.717, 1.165) is 11.8 Å². The maximum absolute atomic E-state index is 12.3. The molecule has 27 heavy (non-hydrogen) atoms. The molecule has 0 aliphatic heterocycles. The van der Waals surface area contributed by atoms with Crippen molar-refractivity contribution < 1.29 is 14.3 Å². The first-order valence-electron chi connectivity index (χ1n) is 8.96. The Morgan fingerprint density at radius 1 is 1.04 bits per heavy atom. The molecule has 1 amide bonds. The Labute approximate surface area is 158 Å². The van der Waals surface area contributed by atoms with Crippen LogP contribution in [0.1, 0.15) is 35.7 Å². The van der Waals surface area contributed by atoms with Gasteiger partial charge in [0.25, 0.3) is 0 Å². The van der Waals surface area contributed by atoms with E-state index in [4.69, 9.17) is 4.74 Å². The number of hydrogen-bond acceptors (Lipinski definition) is 4. The number of aryl methyl sites for hydroxylation is 1. The van der Waals surface area contributed by atoms with Gasteiger partial charge < -0.3 is 10.1 Å². The molecule has 5 nitrogen and oxygen atoms in total. The van der Waals surface area contributed by atoms with Crippen LogP contribution in [0.5, 0.6) is 5.75 Å². The van der Waals surface area contributed by atoms with Crippen LogP contribution in [-0.2, 0) is 11.2 Å². The van der Waals surface area contributed by atoms with Crippen molar-refractivity contribution in [1.29, 1.82) is 0 Å². The lowest BCUT2D eigenvalue weighted by Crippen LogP contribution is -2.14. The number of anilines is 1. The van der Waals surface area contributed by atoms with Crippen LogP contribution >= 0.6 is 0 Å². The van der Waals surface area contributed by atoms with Gasteiger partial charge in [0.2, 0.25) is 5.91 Å². The van der Waals surface area contributed by atoms with Gasteiger partial charge >= 0.3 is 0 Å². The number of carbonyl (C=O) groups is 2. The lowest BCUT2D eigenvalue weighted by Gasteiger charge is -2.11. The van der Waals surface area contributed by atoms with Crippen LogP contribution < -0.4 is 10.1 Å². The lowest BCUT2D eigenvalue weighted by atomic mass is 10.0. The molecule has 1 heterocycles. The maximum Gasteiger partial charge on any atom is 0.224 e. The van der Waals surface area contributed by atoms with Gasteiger partial charge in [-0.25, -0.2) is 0 Å². The average molecular weight is 362 g/mol. The fourth-order valence-corrected chi connectivity index (χ4v) is 2.93. The molecular weight excluding hydrogens is 340 g/mol. The molecule has 0 unspecified atom stereocenters. The predicted molar refractivity (Wildman–Crippen MR) is 106 cm³/mol. The van der Waals surface area contributed by atoms with Crippen LogP contribution in [0, 0.1) is 0 Å². The molecule has 0 atom stereocenters. The Balaban J connectivity index is 1.66. The van der Waals surface area contributed by atoms with Crippen LogP contribution in [0.4, 0.5) is 5.69 Å². The minimum atomic E-state index is -0.205. The van der Waals surface area contributed by atoms with Crippen LogP contribution in [0.15, 0.2) is 54.7 Å². The van der Waals surface area contributed by atoms with Crippen molar-refractivity contribution >= 4 is 28.3 Å². The number of carbonyl (C=O) groups excluding carboxylic acids is 2. The molecule has 0 fully saturated rings. The molecule has 0 saturated carbocycles. The van der Waals surface area contributed by atoms with Crippen LogP contribution in [0.3, 0.4) is 0 Å². The number of pyridine rings is 1. The Bertz CT molecular complexity index is 965. The Hall–Kier alpha value is -3.21. The van der Waals surface area contributed by atoms with Crippen molar-refractivity contribution in [2.75, 3.05) is 12.4 Å². The second kappa shape index (κ2) is 8.45. The third-order valence-electron chi connectivity index (χ3n) is 4.49. The van der Waals surface area contributed by atoms with Gasteiger partial charge in [0.1, 0.15) is 11.3 Å². The number of ether oxygens (including phenoxy) is 1. The normalized spacial score (nSPS) is 10.6. The van der Waals surface area contributed by atoms with E-state index >= 15 is 0 Å². The van der Waals surface area contributed by atoms with E-state index in [0.29, 0.717) is 22.5 Å². The quantitative estimate of drug-likeness (QED) is 0.632. The van der Waals surface area contributed by atoms with Gasteiger partial charge in [0.05, 0.1) is 12.8 Å². The zero-order chi connectivity index (χ0) is 19.2. The molecule has 138 valence electrons. The summed E-state index contributed by atoms with van der Waals surface area (Å²) in [5.74, 6) is 0.409. The molecule has 5 heteroatoms. The third-order valence-corrected chi connectivity index (χ3v) is 4.49. The van der Waals surface area contributed by atoms with Gasteiger partial charge in [-0.3, -0.25) is 14.6 Å². The number of aromatic nitrogens is 1. The molecule has 0 saturated heterocycles. The highest BCUT2D eigenvalue weighted by atomic mass is 16.5. The van der Waals surface area contributed by atoms with Gasteiger partial charge in [-0.15, -0.1) is 0 Å². The maximum atomic E-state index is 12.3. The zero-order valence-electron chi connectivity index (χ0n) is 15.5. The number of nitrogens with zero attached hydrogens (tertiary/aromatic N) is 1. The third kappa shape index (κ3) is 4.31. The Morgan fingerprint density at radius 2 is 1.81 bits per heavy atom. The molecular formula is C22H22N2O3. The minimum Gasteiger partial charge on any atom is -0.494 e. The summed E-state index contributed by atoms with van der Waals surface area (Å²) in [6.07, 6.45) is 2.91. The zero-order valence-corrected chi connectivity index (χ0v) is 15.5. The lowest BCUT2D eigenvalue weighted by molar-refractivity contribution is -0.116. The number of methoxy groups -OCH3 is 1. The standard InChI is InChI=1S/C22H22N2O3/c1-3-15-6-8-16(9-7-15)19(25)11-13-21(26)24-18-10-12-20(27-2)22-17(18)5-4-14-23-22/h4-10,12,14H,3,11,13H2,1-2H3,(H,24,26). The second-order valence-electron chi connectivity index (χ2n) is 6.24. The highest BCUT2D eigenvalue weighted by molar-refractivity contribution is 6.04. The Morgan fingerprint density at radius 3 is 2.52 bits per heavy atom. The van der Waals surface area contributed by atoms with Crippen molar-refractivity contribution in [3.63, 3.8) is 0 Å². The highest BCUT2D eigenvalue weighted by Gasteiger charge is 2.12. The summed E-state index contributed by atoms with van der Waals surface area (Å²) in [5, 5.41) is 3.67. The molecule has 0 bridgehead atoms. The molecule has 3 aromatic rings. The van der Waals surface area contributed by atoms with E-state index in [1.165, 1.54) is 5.56 Å². The predicted octanol–water partition coefficient (Wildman–Crippen LogP) is 4.41. The number of Topliss-reactive ketones (excluding diaryl/α,β-unsaturated/α-hetero) is 1. The molecule has 1 aromatic heterocycles. The van der Waals surface area contributed by atoms with Crippen LogP contribution in [0.25, 0.3) is 10.9 Å². The molecule has 0 radical (unpaired) electrons. The SMILES string of the molecule is CCc1ccc(C(=O)CCC(=O)Nc2ccc(OC)c3ncccc23)cc1. The number of nitrogens with one attached hydrogen (secondary N) is 1. The number of fused-ring (bicyclic) bond motifs is 1. The number of hydrogen-bond donors (Lipinski definition) is 1. The van der Waals surface area contributed by atoms with Gasteiger partial charge in [-0.05, 0) is 36.2 Å². The summed E-state index contributed by atoms with van der Waals surface area (Å²) >= 11 is 0. The van der Waals surface area contributed by atoms with E-state index in [1.54, 1.807) is 31.5 Å². The minimum absolute atomic E-state index is 0.0333. The summed E-state index contributed by atoms with van der Waals surface area (Å²) in [6, 6.07) is 14.8. The van der Waals surface area contributed by atoms with Gasteiger partial charge in [0, 0.05) is 30.0 Å². The van der Waals surface area contributed by atoms with E-state index in [-0.39, 0.29) is 24.5 Å². The monoisotopic (exact) mass is 362 g/mol. The molecule has 2 aromatic carbocycles. The fourth-order valence-electron chi connectivity index (χ4n) is 2.93. The number of ketones is 1. The summed E-state index contributed by atoms with van der Waals surface area (Å²) in [4.78, 5) is 28.9. The van der Waals surface area contributed by atoms with Crippen molar-refractivity contribution in [3.8, 4) is 5.75 Å². The van der Waals surface area contributed by atoms with E-state index in [2.05, 4.69) is 17.2 Å². The van der Waals surface area contributed by atoms with Crippen LogP contribution in [0.2, 0.25) is 0 Å². The van der Waals surface area contributed by atoms with Crippen LogP contribution in [-0.4, -0.2) is 23.8 Å². The van der Waals surface area contributed by atoms with Crippen molar-refractivity contribution in [2.45, 2.75) is 26.2 Å². The van der Waals surface area contributed by atoms with Crippen molar-refractivity contribution in [3.05, 3.63) is 65.9 Å². The van der Waals surface area contributed by atoms with Gasteiger partial charge in [-0.1, -0.05) is 31.2 Å². The molecule has 0 spiro atoms. The largest absolute Gasteiger partial charge is 0.494 e. The number of benzene rings is 2. The summed E-state index contributed by atoms with van der Waals surface area (Å²) < 4.78 is 5.31. The van der Waals surface area contributed by atoms with Crippen molar-refractivity contribution in [2.24, 2.45) is 0 Å². The smallest absolute Gasteiger partial charge is 0.224 e. The topological polar surface area (TPSA) is 68.3 Å².